The highest BCUT2D eigenvalue weighted by Gasteiger charge is 2.16. The van der Waals surface area contributed by atoms with E-state index in [4.69, 9.17) is 9.47 Å². The number of ether oxygens (including phenoxy) is 2. The van der Waals surface area contributed by atoms with Gasteiger partial charge in [-0.3, -0.25) is 4.90 Å². The van der Waals surface area contributed by atoms with Crippen LogP contribution in [0.15, 0.2) is 0 Å². The van der Waals surface area contributed by atoms with Gasteiger partial charge in [0.25, 0.3) is 0 Å². The molecule has 0 bridgehead atoms. The lowest BCUT2D eigenvalue weighted by Crippen LogP contribution is -2.47. The average molecular weight is 385 g/mol. The summed E-state index contributed by atoms with van der Waals surface area (Å²) in [6.45, 7) is 23.3. The highest BCUT2D eigenvalue weighted by molar-refractivity contribution is 4.72. The molecule has 1 atom stereocenters. The summed E-state index contributed by atoms with van der Waals surface area (Å²) in [5, 5.41) is 0. The van der Waals surface area contributed by atoms with Gasteiger partial charge in [0.2, 0.25) is 0 Å². The van der Waals surface area contributed by atoms with Crippen LogP contribution < -0.4 is 0 Å². The van der Waals surface area contributed by atoms with E-state index < -0.39 is 0 Å². The van der Waals surface area contributed by atoms with Crippen molar-refractivity contribution < 1.29 is 9.47 Å². The molecular formula is C23H48N2O2. The molecule has 0 N–H and O–H groups in total. The normalized spacial score (nSPS) is 18.3. The van der Waals surface area contributed by atoms with E-state index in [-0.39, 0.29) is 5.60 Å². The van der Waals surface area contributed by atoms with Gasteiger partial charge in [-0.25, -0.2) is 0 Å². The number of nitrogens with zero attached hydrogens (tertiary/aromatic N) is 2. The molecule has 0 saturated carbocycles. The first-order valence-electron chi connectivity index (χ1n) is 11.4. The predicted molar refractivity (Wildman–Crippen MR) is 116 cm³/mol. The number of hydrogen-bond donors (Lipinski definition) is 0. The van der Waals surface area contributed by atoms with Crippen molar-refractivity contribution in [2.75, 3.05) is 59.1 Å². The van der Waals surface area contributed by atoms with Crippen LogP contribution in [-0.4, -0.2) is 74.5 Å². The first-order chi connectivity index (χ1) is 12.8. The van der Waals surface area contributed by atoms with Crippen LogP contribution >= 0.6 is 0 Å². The third-order valence-electron chi connectivity index (χ3n) is 5.76. The lowest BCUT2D eigenvalue weighted by molar-refractivity contribution is -0.00548. The molecule has 1 fully saturated rings. The van der Waals surface area contributed by atoms with E-state index in [0.717, 1.165) is 51.0 Å². The van der Waals surface area contributed by atoms with Gasteiger partial charge in [-0.1, -0.05) is 20.8 Å². The summed E-state index contributed by atoms with van der Waals surface area (Å²) in [4.78, 5) is 5.20. The number of unbranched alkanes of at least 4 members (excludes halogenated alkanes) is 2. The standard InChI is InChI=1S/C23H48N2O2/c1-21(2)22(3)11-10-12-24-13-15-25(16-14-24)17-20-26-18-8-7-9-19-27-23(4,5)6/h21-22H,7-20H2,1-6H3/t22-/m0/s1. The summed E-state index contributed by atoms with van der Waals surface area (Å²) >= 11 is 0. The summed E-state index contributed by atoms with van der Waals surface area (Å²) in [6, 6.07) is 0. The maximum atomic E-state index is 5.83. The lowest BCUT2D eigenvalue weighted by atomic mass is 9.93. The molecular weight excluding hydrogens is 336 g/mol. The van der Waals surface area contributed by atoms with E-state index in [1.807, 2.05) is 0 Å². The maximum absolute atomic E-state index is 5.83. The number of piperazine rings is 1. The summed E-state index contributed by atoms with van der Waals surface area (Å²) in [5.74, 6) is 1.67. The van der Waals surface area contributed by atoms with E-state index in [1.54, 1.807) is 0 Å². The molecule has 0 unspecified atom stereocenters. The van der Waals surface area contributed by atoms with Gasteiger partial charge in [0, 0.05) is 45.9 Å². The molecule has 1 aliphatic rings. The van der Waals surface area contributed by atoms with Crippen LogP contribution in [-0.2, 0) is 9.47 Å². The van der Waals surface area contributed by atoms with Crippen LogP contribution in [0, 0.1) is 11.8 Å². The molecule has 0 radical (unpaired) electrons. The van der Waals surface area contributed by atoms with Crippen molar-refractivity contribution in [2.45, 2.75) is 79.2 Å². The Morgan fingerprint density at radius 1 is 0.741 bits per heavy atom. The molecule has 0 aromatic heterocycles. The molecule has 1 saturated heterocycles. The van der Waals surface area contributed by atoms with Gasteiger partial charge in [0.15, 0.2) is 0 Å². The van der Waals surface area contributed by atoms with Gasteiger partial charge in [-0.05, 0) is 71.3 Å². The Labute approximate surface area is 170 Å². The predicted octanol–water partition coefficient (Wildman–Crippen LogP) is 4.68. The third kappa shape index (κ3) is 13.6. The first-order valence-corrected chi connectivity index (χ1v) is 11.4. The van der Waals surface area contributed by atoms with E-state index in [2.05, 4.69) is 51.3 Å². The minimum Gasteiger partial charge on any atom is -0.380 e. The van der Waals surface area contributed by atoms with Crippen molar-refractivity contribution in [3.63, 3.8) is 0 Å². The fraction of sp³-hybridized carbons (Fsp3) is 1.00. The molecule has 0 aromatic carbocycles. The molecule has 0 spiro atoms. The molecule has 1 heterocycles. The minimum atomic E-state index is -0.00692. The summed E-state index contributed by atoms with van der Waals surface area (Å²) < 4.78 is 11.6. The monoisotopic (exact) mass is 384 g/mol. The molecule has 1 rings (SSSR count). The van der Waals surface area contributed by atoms with E-state index in [9.17, 15) is 0 Å². The zero-order valence-corrected chi connectivity index (χ0v) is 19.3. The van der Waals surface area contributed by atoms with Crippen LogP contribution in [0.1, 0.15) is 73.6 Å². The zero-order chi connectivity index (χ0) is 20.1. The fourth-order valence-electron chi connectivity index (χ4n) is 3.36. The van der Waals surface area contributed by atoms with E-state index in [0.29, 0.717) is 0 Å². The van der Waals surface area contributed by atoms with Gasteiger partial charge in [-0.2, -0.15) is 0 Å². The molecule has 0 amide bonds. The quantitative estimate of drug-likeness (QED) is 0.406. The zero-order valence-electron chi connectivity index (χ0n) is 19.3. The Morgan fingerprint density at radius 2 is 1.33 bits per heavy atom. The summed E-state index contributed by atoms with van der Waals surface area (Å²) in [6.07, 6.45) is 6.20. The van der Waals surface area contributed by atoms with Crippen LogP contribution in [0.2, 0.25) is 0 Å². The van der Waals surface area contributed by atoms with Gasteiger partial charge in [0.05, 0.1) is 12.2 Å². The van der Waals surface area contributed by atoms with Gasteiger partial charge >= 0.3 is 0 Å². The van der Waals surface area contributed by atoms with Gasteiger partial charge < -0.3 is 14.4 Å². The highest BCUT2D eigenvalue weighted by Crippen LogP contribution is 2.16. The van der Waals surface area contributed by atoms with Crippen molar-refractivity contribution in [3.8, 4) is 0 Å². The first kappa shape index (κ1) is 24.9. The van der Waals surface area contributed by atoms with Crippen molar-refractivity contribution in [3.05, 3.63) is 0 Å². The summed E-state index contributed by atoms with van der Waals surface area (Å²) in [7, 11) is 0. The molecule has 1 aliphatic heterocycles. The van der Waals surface area contributed by atoms with Crippen LogP contribution in [0.25, 0.3) is 0 Å². The molecule has 0 aliphatic carbocycles. The second-order valence-electron chi connectivity index (χ2n) is 9.68. The Balaban J connectivity index is 1.90. The summed E-state index contributed by atoms with van der Waals surface area (Å²) in [5.41, 5.74) is -0.00692. The topological polar surface area (TPSA) is 24.9 Å². The van der Waals surface area contributed by atoms with Crippen LogP contribution in [0.3, 0.4) is 0 Å². The Bertz CT molecular complexity index is 347. The molecule has 0 aromatic rings. The third-order valence-corrected chi connectivity index (χ3v) is 5.76. The average Bonchev–Trinajstić information content (AvgIpc) is 2.60. The van der Waals surface area contributed by atoms with Crippen LogP contribution in [0.5, 0.6) is 0 Å². The Hall–Kier alpha value is -0.160. The van der Waals surface area contributed by atoms with Gasteiger partial charge in [0.1, 0.15) is 0 Å². The second kappa shape index (κ2) is 13.9. The number of hydrogen-bond acceptors (Lipinski definition) is 4. The van der Waals surface area contributed by atoms with Crippen molar-refractivity contribution in [1.29, 1.82) is 0 Å². The second-order valence-corrected chi connectivity index (χ2v) is 9.68. The fourth-order valence-corrected chi connectivity index (χ4v) is 3.36. The molecule has 4 heteroatoms. The molecule has 162 valence electrons. The van der Waals surface area contributed by atoms with Gasteiger partial charge in [-0.15, -0.1) is 0 Å². The molecule has 27 heavy (non-hydrogen) atoms. The SMILES string of the molecule is CC(C)[C@@H](C)CCCN1CCN(CCOCCCCCOC(C)(C)C)CC1. The van der Waals surface area contributed by atoms with Crippen molar-refractivity contribution in [1.82, 2.24) is 9.80 Å². The van der Waals surface area contributed by atoms with Crippen LogP contribution in [0.4, 0.5) is 0 Å². The highest BCUT2D eigenvalue weighted by atomic mass is 16.5. The smallest absolute Gasteiger partial charge is 0.0598 e. The Kier molecular flexibility index (Phi) is 12.8. The Morgan fingerprint density at radius 3 is 1.93 bits per heavy atom. The van der Waals surface area contributed by atoms with E-state index >= 15 is 0 Å². The van der Waals surface area contributed by atoms with Crippen molar-refractivity contribution >= 4 is 0 Å². The largest absolute Gasteiger partial charge is 0.380 e. The molecule has 4 nitrogen and oxygen atoms in total. The number of rotatable bonds is 14. The lowest BCUT2D eigenvalue weighted by Gasteiger charge is -2.34. The van der Waals surface area contributed by atoms with E-state index in [1.165, 1.54) is 52.0 Å². The maximum Gasteiger partial charge on any atom is 0.0598 e. The van der Waals surface area contributed by atoms with Crippen molar-refractivity contribution in [2.24, 2.45) is 11.8 Å². The minimum absolute atomic E-state index is 0.00692.